The summed E-state index contributed by atoms with van der Waals surface area (Å²) in [6.45, 7) is 9.54. The van der Waals surface area contributed by atoms with E-state index in [4.69, 9.17) is 4.42 Å². The fourth-order valence-electron chi connectivity index (χ4n) is 9.57. The Hall–Kier alpha value is -6.38. The third-order valence-electron chi connectivity index (χ3n) is 12.4. The first kappa shape index (κ1) is 31.2. The highest BCUT2D eigenvalue weighted by Crippen LogP contribution is 2.56. The number of para-hydroxylation sites is 2. The second kappa shape index (κ2) is 11.1. The minimum absolute atomic E-state index is 0.0366. The fourth-order valence-corrected chi connectivity index (χ4v) is 9.57. The van der Waals surface area contributed by atoms with Gasteiger partial charge >= 0.3 is 0 Å². The van der Waals surface area contributed by atoms with E-state index in [2.05, 4.69) is 190 Å². The van der Waals surface area contributed by atoms with Gasteiger partial charge < -0.3 is 9.32 Å². The van der Waals surface area contributed by atoms with Crippen LogP contribution in [-0.2, 0) is 10.8 Å². The Morgan fingerprint density at radius 3 is 1.83 bits per heavy atom. The number of anilines is 3. The van der Waals surface area contributed by atoms with Crippen molar-refractivity contribution in [2.24, 2.45) is 0 Å². The molecule has 9 aromatic rings. The third-order valence-corrected chi connectivity index (χ3v) is 12.4. The van der Waals surface area contributed by atoms with Crippen molar-refractivity contribution >= 4 is 49.8 Å². The largest absolute Gasteiger partial charge is 0.454 e. The Kier molecular flexibility index (Phi) is 6.39. The Balaban J connectivity index is 1.08. The summed E-state index contributed by atoms with van der Waals surface area (Å²) in [6, 6.07) is 60.1. The lowest BCUT2D eigenvalue weighted by molar-refractivity contribution is 0.652. The molecule has 0 aliphatic heterocycles. The Morgan fingerprint density at radius 1 is 0.407 bits per heavy atom. The topological polar surface area (TPSA) is 16.4 Å². The average Bonchev–Trinajstić information content (AvgIpc) is 3.77. The van der Waals surface area contributed by atoms with E-state index in [0.717, 1.165) is 39.0 Å². The molecule has 2 nitrogen and oxygen atoms in total. The first-order valence-corrected chi connectivity index (χ1v) is 19.0. The Morgan fingerprint density at radius 2 is 1.02 bits per heavy atom. The number of rotatable bonds is 4. The van der Waals surface area contributed by atoms with E-state index in [9.17, 15) is 0 Å². The predicted octanol–water partition coefficient (Wildman–Crippen LogP) is 14.5. The van der Waals surface area contributed by atoms with Crippen molar-refractivity contribution < 1.29 is 4.42 Å². The molecule has 1 heterocycles. The summed E-state index contributed by atoms with van der Waals surface area (Å²) < 4.78 is 6.64. The molecule has 0 spiro atoms. The monoisotopic (exact) mass is 693 g/mol. The number of fused-ring (bicyclic) bond motifs is 10. The van der Waals surface area contributed by atoms with Crippen LogP contribution in [0.5, 0.6) is 0 Å². The molecule has 0 N–H and O–H groups in total. The lowest BCUT2D eigenvalue weighted by Crippen LogP contribution is -2.17. The maximum absolute atomic E-state index is 6.64. The van der Waals surface area contributed by atoms with E-state index in [-0.39, 0.29) is 10.8 Å². The Labute approximate surface area is 315 Å². The molecule has 8 aromatic carbocycles. The number of furan rings is 1. The molecule has 0 saturated carbocycles. The van der Waals surface area contributed by atoms with Crippen molar-refractivity contribution in [1.82, 2.24) is 0 Å². The second-order valence-electron chi connectivity index (χ2n) is 16.2. The molecule has 11 rings (SSSR count). The van der Waals surface area contributed by atoms with Crippen LogP contribution in [0.2, 0.25) is 0 Å². The zero-order chi connectivity index (χ0) is 36.3. The molecule has 2 aliphatic carbocycles. The van der Waals surface area contributed by atoms with Gasteiger partial charge in [-0.1, -0.05) is 131 Å². The van der Waals surface area contributed by atoms with Gasteiger partial charge in [0.25, 0.3) is 0 Å². The minimum Gasteiger partial charge on any atom is -0.454 e. The highest BCUT2D eigenvalue weighted by Gasteiger charge is 2.41. The van der Waals surface area contributed by atoms with Gasteiger partial charge in [0.05, 0.1) is 5.69 Å². The molecule has 0 atom stereocenters. The van der Waals surface area contributed by atoms with Crippen molar-refractivity contribution in [2.75, 3.05) is 4.90 Å². The standard InChI is InChI=1S/C52H39NO/c1-51(2)44-18-10-8-15-38(44)42-30-47-43(31-46(42)51)41-28-34-23-26-37(27-35(34)29-45(41)52(47,3)4)53(36-24-21-33(22-25-36)32-13-6-5-7-14-32)48-19-12-17-40-39-16-9-11-20-49(39)54-50(40)48/h5-31H,1-4H3. The van der Waals surface area contributed by atoms with Crippen LogP contribution >= 0.6 is 0 Å². The molecular weight excluding hydrogens is 655 g/mol. The molecule has 0 amide bonds. The van der Waals surface area contributed by atoms with Crippen molar-refractivity contribution in [1.29, 1.82) is 0 Å². The quantitative estimate of drug-likeness (QED) is 0.182. The number of hydrogen-bond acceptors (Lipinski definition) is 2. The zero-order valence-corrected chi connectivity index (χ0v) is 30.9. The smallest absolute Gasteiger partial charge is 0.159 e. The summed E-state index contributed by atoms with van der Waals surface area (Å²) in [4.78, 5) is 2.36. The summed E-state index contributed by atoms with van der Waals surface area (Å²) in [5.74, 6) is 0. The Bertz CT molecular complexity index is 2980. The van der Waals surface area contributed by atoms with Crippen LogP contribution in [0.1, 0.15) is 49.9 Å². The van der Waals surface area contributed by atoms with Gasteiger partial charge in [-0.15, -0.1) is 0 Å². The first-order valence-electron chi connectivity index (χ1n) is 19.0. The molecule has 2 aliphatic rings. The van der Waals surface area contributed by atoms with Crippen molar-refractivity contribution in [3.63, 3.8) is 0 Å². The molecule has 1 aromatic heterocycles. The van der Waals surface area contributed by atoms with E-state index in [0.29, 0.717) is 0 Å². The molecule has 54 heavy (non-hydrogen) atoms. The van der Waals surface area contributed by atoms with Gasteiger partial charge in [-0.25, -0.2) is 0 Å². The van der Waals surface area contributed by atoms with Gasteiger partial charge in [0, 0.05) is 33.0 Å². The summed E-state index contributed by atoms with van der Waals surface area (Å²) in [7, 11) is 0. The highest BCUT2D eigenvalue weighted by molar-refractivity contribution is 6.10. The van der Waals surface area contributed by atoms with Crippen LogP contribution in [0.15, 0.2) is 168 Å². The minimum atomic E-state index is -0.140. The molecule has 2 heteroatoms. The highest BCUT2D eigenvalue weighted by atomic mass is 16.3. The first-order chi connectivity index (χ1) is 26.3. The van der Waals surface area contributed by atoms with E-state index in [1.165, 1.54) is 66.4 Å². The fraction of sp³-hybridized carbons (Fsp3) is 0.115. The molecule has 0 fully saturated rings. The van der Waals surface area contributed by atoms with Crippen LogP contribution in [0.25, 0.3) is 66.1 Å². The second-order valence-corrected chi connectivity index (χ2v) is 16.2. The maximum atomic E-state index is 6.64. The molecule has 0 bridgehead atoms. The van der Waals surface area contributed by atoms with Crippen LogP contribution in [0.4, 0.5) is 17.1 Å². The van der Waals surface area contributed by atoms with Crippen LogP contribution in [-0.4, -0.2) is 0 Å². The number of benzene rings is 8. The summed E-state index contributed by atoms with van der Waals surface area (Å²) in [5.41, 5.74) is 18.3. The predicted molar refractivity (Wildman–Crippen MR) is 226 cm³/mol. The average molecular weight is 694 g/mol. The van der Waals surface area contributed by atoms with Gasteiger partial charge in [-0.3, -0.25) is 0 Å². The number of hydrogen-bond donors (Lipinski definition) is 0. The van der Waals surface area contributed by atoms with Gasteiger partial charge in [-0.2, -0.15) is 0 Å². The van der Waals surface area contributed by atoms with Crippen LogP contribution < -0.4 is 4.90 Å². The van der Waals surface area contributed by atoms with E-state index in [1.54, 1.807) is 0 Å². The van der Waals surface area contributed by atoms with Gasteiger partial charge in [-0.05, 0) is 127 Å². The van der Waals surface area contributed by atoms with E-state index < -0.39 is 0 Å². The summed E-state index contributed by atoms with van der Waals surface area (Å²) >= 11 is 0. The van der Waals surface area contributed by atoms with E-state index >= 15 is 0 Å². The van der Waals surface area contributed by atoms with Crippen LogP contribution in [0, 0.1) is 0 Å². The maximum Gasteiger partial charge on any atom is 0.159 e. The zero-order valence-electron chi connectivity index (χ0n) is 30.9. The molecule has 0 saturated heterocycles. The molecule has 258 valence electrons. The number of nitrogens with zero attached hydrogens (tertiary/aromatic N) is 1. The van der Waals surface area contributed by atoms with Crippen molar-refractivity contribution in [3.8, 4) is 33.4 Å². The van der Waals surface area contributed by atoms with Gasteiger partial charge in [0.2, 0.25) is 0 Å². The van der Waals surface area contributed by atoms with Crippen molar-refractivity contribution in [3.05, 3.63) is 186 Å². The van der Waals surface area contributed by atoms with Crippen LogP contribution in [0.3, 0.4) is 0 Å². The summed E-state index contributed by atoms with van der Waals surface area (Å²) in [5, 5.41) is 4.71. The third kappa shape index (κ3) is 4.34. The summed E-state index contributed by atoms with van der Waals surface area (Å²) in [6.07, 6.45) is 0. The lowest BCUT2D eigenvalue weighted by Gasteiger charge is -2.26. The van der Waals surface area contributed by atoms with Gasteiger partial charge in [0.15, 0.2) is 5.58 Å². The normalized spacial score (nSPS) is 14.6. The lowest BCUT2D eigenvalue weighted by atomic mass is 9.79. The van der Waals surface area contributed by atoms with Crippen molar-refractivity contribution in [2.45, 2.75) is 38.5 Å². The molecule has 0 unspecified atom stereocenters. The SMILES string of the molecule is CC1(C)c2ccccc2-c2cc3c(cc21)-c1cc2ccc(N(c4ccc(-c5ccccc5)cc4)c4cccc5c4oc4ccccc45)cc2cc1C3(C)C. The van der Waals surface area contributed by atoms with Gasteiger partial charge in [0.1, 0.15) is 5.58 Å². The molecular formula is C52H39NO. The molecule has 0 radical (unpaired) electrons. The van der Waals surface area contributed by atoms with E-state index in [1.807, 2.05) is 6.07 Å².